The number of nitrogens with zero attached hydrogens (tertiary/aromatic N) is 1. The second-order valence-electron chi connectivity index (χ2n) is 6.62. The normalized spacial score (nSPS) is 12.6. The van der Waals surface area contributed by atoms with Gasteiger partial charge in [0.2, 0.25) is 5.75 Å². The molecule has 0 fully saturated rings. The molecule has 6 heteroatoms. The largest absolute Gasteiger partial charge is 0.496 e. The zero-order valence-electron chi connectivity index (χ0n) is 16.5. The molecule has 1 aromatic carbocycles. The lowest BCUT2D eigenvalue weighted by Crippen LogP contribution is -2.20. The number of benzene rings is 1. The summed E-state index contributed by atoms with van der Waals surface area (Å²) in [4.78, 5) is 12.2. The van der Waals surface area contributed by atoms with E-state index in [9.17, 15) is 4.79 Å². The summed E-state index contributed by atoms with van der Waals surface area (Å²) in [6.07, 6.45) is 4.60. The Morgan fingerprint density at radius 2 is 1.56 bits per heavy atom. The van der Waals surface area contributed by atoms with Crippen LogP contribution in [0.5, 0.6) is 23.0 Å². The number of rotatable bonds is 8. The summed E-state index contributed by atoms with van der Waals surface area (Å²) in [5.74, 6) is 2.64. The highest BCUT2D eigenvalue weighted by atomic mass is 16.5. The molecule has 0 aliphatic carbocycles. The minimum absolute atomic E-state index is 0.0349. The van der Waals surface area contributed by atoms with E-state index in [1.54, 1.807) is 34.5 Å². The molecule has 0 saturated heterocycles. The van der Waals surface area contributed by atoms with Gasteiger partial charge in [0.1, 0.15) is 5.75 Å². The topological polar surface area (TPSA) is 58.9 Å². The van der Waals surface area contributed by atoms with Gasteiger partial charge in [-0.15, -0.1) is 0 Å². The molecule has 2 heterocycles. The Balaban J connectivity index is 1.80. The highest BCUT2D eigenvalue weighted by molar-refractivity contribution is 5.53. The summed E-state index contributed by atoms with van der Waals surface area (Å²) < 4.78 is 23.6. The Morgan fingerprint density at radius 3 is 2.15 bits per heavy atom. The summed E-state index contributed by atoms with van der Waals surface area (Å²) in [5, 5.41) is 0. The second-order valence-corrected chi connectivity index (χ2v) is 6.62. The zero-order chi connectivity index (χ0) is 19.4. The average Bonchev–Trinajstić information content (AvgIpc) is 3.19. The van der Waals surface area contributed by atoms with Crippen LogP contribution in [-0.4, -0.2) is 33.0 Å². The fraction of sp³-hybridized carbons (Fsp3) is 0.476. The summed E-state index contributed by atoms with van der Waals surface area (Å²) >= 11 is 0. The lowest BCUT2D eigenvalue weighted by Gasteiger charge is -2.16. The molecule has 0 amide bonds. The standard InChI is InChI=1S/C21H27NO5/c1-24-17-13-20(23)22-10-6-9-16(22)15(17)8-5-7-14-11-18(25-2)21(27-4)19(12-14)26-3/h11-13H,5-10H2,1-4H3. The molecule has 1 aliphatic rings. The van der Waals surface area contributed by atoms with Crippen LogP contribution in [0.4, 0.5) is 0 Å². The molecule has 3 rings (SSSR count). The quantitative estimate of drug-likeness (QED) is 0.712. The van der Waals surface area contributed by atoms with E-state index in [2.05, 4.69) is 0 Å². The van der Waals surface area contributed by atoms with Crippen molar-refractivity contribution in [3.8, 4) is 23.0 Å². The third-order valence-electron chi connectivity index (χ3n) is 5.12. The number of fused-ring (bicyclic) bond motifs is 1. The van der Waals surface area contributed by atoms with Gasteiger partial charge in [-0.2, -0.15) is 0 Å². The fourth-order valence-electron chi connectivity index (χ4n) is 3.85. The first-order valence-electron chi connectivity index (χ1n) is 9.21. The van der Waals surface area contributed by atoms with Crippen LogP contribution >= 0.6 is 0 Å². The van der Waals surface area contributed by atoms with Gasteiger partial charge in [0.15, 0.2) is 11.5 Å². The maximum absolute atomic E-state index is 12.2. The van der Waals surface area contributed by atoms with Gasteiger partial charge in [0.25, 0.3) is 5.56 Å². The van der Waals surface area contributed by atoms with Gasteiger partial charge in [0.05, 0.1) is 28.4 Å². The van der Waals surface area contributed by atoms with E-state index < -0.39 is 0 Å². The van der Waals surface area contributed by atoms with Gasteiger partial charge in [-0.25, -0.2) is 0 Å². The second kappa shape index (κ2) is 8.37. The van der Waals surface area contributed by atoms with Crippen molar-refractivity contribution in [3.63, 3.8) is 0 Å². The first-order valence-corrected chi connectivity index (χ1v) is 9.21. The van der Waals surface area contributed by atoms with Crippen molar-refractivity contribution in [2.45, 2.75) is 38.6 Å². The summed E-state index contributed by atoms with van der Waals surface area (Å²) in [6, 6.07) is 5.58. The Hall–Kier alpha value is -2.63. The number of ether oxygens (including phenoxy) is 4. The minimum Gasteiger partial charge on any atom is -0.496 e. The first kappa shape index (κ1) is 19.1. The Labute approximate surface area is 159 Å². The van der Waals surface area contributed by atoms with E-state index in [1.165, 1.54) is 0 Å². The molecule has 0 N–H and O–H groups in total. The van der Waals surface area contributed by atoms with Crippen molar-refractivity contribution >= 4 is 0 Å². The zero-order valence-corrected chi connectivity index (χ0v) is 16.5. The molecule has 0 atom stereocenters. The predicted octanol–water partition coefficient (Wildman–Crippen LogP) is 3.00. The van der Waals surface area contributed by atoms with Crippen molar-refractivity contribution in [3.05, 3.63) is 45.4 Å². The van der Waals surface area contributed by atoms with Gasteiger partial charge in [-0.1, -0.05) is 0 Å². The van der Waals surface area contributed by atoms with Gasteiger partial charge >= 0.3 is 0 Å². The van der Waals surface area contributed by atoms with Crippen LogP contribution in [0.1, 0.15) is 29.7 Å². The monoisotopic (exact) mass is 373 g/mol. The molecular weight excluding hydrogens is 346 g/mol. The molecule has 1 aliphatic heterocycles. The van der Waals surface area contributed by atoms with Crippen LogP contribution in [-0.2, 0) is 25.8 Å². The van der Waals surface area contributed by atoms with Gasteiger partial charge < -0.3 is 23.5 Å². The van der Waals surface area contributed by atoms with E-state index in [1.807, 2.05) is 16.7 Å². The van der Waals surface area contributed by atoms with E-state index in [0.29, 0.717) is 23.0 Å². The highest BCUT2D eigenvalue weighted by Crippen LogP contribution is 2.38. The lowest BCUT2D eigenvalue weighted by molar-refractivity contribution is 0.323. The summed E-state index contributed by atoms with van der Waals surface area (Å²) in [6.45, 7) is 0.804. The van der Waals surface area contributed by atoms with E-state index >= 15 is 0 Å². The molecule has 6 nitrogen and oxygen atoms in total. The minimum atomic E-state index is 0.0349. The maximum Gasteiger partial charge on any atom is 0.254 e. The number of aromatic nitrogens is 1. The third kappa shape index (κ3) is 3.75. The predicted molar refractivity (Wildman–Crippen MR) is 104 cm³/mol. The number of methoxy groups -OCH3 is 4. The molecule has 0 spiro atoms. The van der Waals surface area contributed by atoms with Crippen LogP contribution in [0.25, 0.3) is 0 Å². The Kier molecular flexibility index (Phi) is 5.94. The van der Waals surface area contributed by atoms with Crippen LogP contribution in [0.15, 0.2) is 23.0 Å². The SMILES string of the molecule is COc1cc(=O)n2c(c1CCCc1cc(OC)c(OC)c(OC)c1)CCC2. The molecular formula is C21H27NO5. The lowest BCUT2D eigenvalue weighted by atomic mass is 10.0. The van der Waals surface area contributed by atoms with Crippen LogP contribution in [0.3, 0.4) is 0 Å². The number of hydrogen-bond donors (Lipinski definition) is 0. The third-order valence-corrected chi connectivity index (χ3v) is 5.12. The van der Waals surface area contributed by atoms with Crippen molar-refractivity contribution in [2.75, 3.05) is 28.4 Å². The number of pyridine rings is 1. The number of hydrogen-bond acceptors (Lipinski definition) is 5. The Bertz CT molecular complexity index is 847. The average molecular weight is 373 g/mol. The van der Waals surface area contributed by atoms with Gasteiger partial charge in [0, 0.05) is 23.9 Å². The Morgan fingerprint density at radius 1 is 0.889 bits per heavy atom. The molecule has 0 unspecified atom stereocenters. The fourth-order valence-corrected chi connectivity index (χ4v) is 3.85. The van der Waals surface area contributed by atoms with Crippen molar-refractivity contribution in [1.82, 2.24) is 4.57 Å². The summed E-state index contributed by atoms with van der Waals surface area (Å²) in [5.41, 5.74) is 3.44. The van der Waals surface area contributed by atoms with Crippen molar-refractivity contribution in [2.24, 2.45) is 0 Å². The molecule has 0 bridgehead atoms. The van der Waals surface area contributed by atoms with E-state index in [4.69, 9.17) is 18.9 Å². The van der Waals surface area contributed by atoms with Crippen LogP contribution in [0, 0.1) is 0 Å². The smallest absolute Gasteiger partial charge is 0.254 e. The molecule has 0 saturated carbocycles. The van der Waals surface area contributed by atoms with Crippen LogP contribution < -0.4 is 24.5 Å². The highest BCUT2D eigenvalue weighted by Gasteiger charge is 2.20. The first-order chi connectivity index (χ1) is 13.1. The van der Waals surface area contributed by atoms with Crippen molar-refractivity contribution < 1.29 is 18.9 Å². The van der Waals surface area contributed by atoms with E-state index in [0.717, 1.165) is 55.5 Å². The molecule has 27 heavy (non-hydrogen) atoms. The molecule has 146 valence electrons. The molecule has 1 aromatic heterocycles. The van der Waals surface area contributed by atoms with Crippen molar-refractivity contribution in [1.29, 1.82) is 0 Å². The molecule has 0 radical (unpaired) electrons. The molecule has 2 aromatic rings. The number of aryl methyl sites for hydroxylation is 1. The summed E-state index contributed by atoms with van der Waals surface area (Å²) in [7, 11) is 6.47. The van der Waals surface area contributed by atoms with Gasteiger partial charge in [-0.05, 0) is 49.8 Å². The van der Waals surface area contributed by atoms with E-state index in [-0.39, 0.29) is 5.56 Å². The van der Waals surface area contributed by atoms with Gasteiger partial charge in [-0.3, -0.25) is 4.79 Å². The van der Waals surface area contributed by atoms with Crippen LogP contribution in [0.2, 0.25) is 0 Å². The maximum atomic E-state index is 12.2.